The molecule has 4 aromatic carbocycles. The van der Waals surface area contributed by atoms with Crippen molar-refractivity contribution in [3.8, 4) is 0 Å². The Labute approximate surface area is 233 Å². The lowest BCUT2D eigenvalue weighted by Gasteiger charge is -2.43. The lowest BCUT2D eigenvalue weighted by atomic mass is 9.89. The van der Waals surface area contributed by atoms with E-state index in [0.29, 0.717) is 17.7 Å². The van der Waals surface area contributed by atoms with Crippen LogP contribution >= 0.6 is 0 Å². The van der Waals surface area contributed by atoms with Gasteiger partial charge in [0.1, 0.15) is 5.56 Å². The van der Waals surface area contributed by atoms with Gasteiger partial charge in [-0.2, -0.15) is 0 Å². The average molecular weight is 534 g/mol. The zero-order valence-corrected chi connectivity index (χ0v) is 22.6. The van der Waals surface area contributed by atoms with E-state index in [1.54, 1.807) is 21.9 Å². The molecule has 2 amide bonds. The smallest absolute Gasteiger partial charge is 0.282 e. The van der Waals surface area contributed by atoms with E-state index in [9.17, 15) is 19.7 Å². The molecule has 1 aliphatic heterocycles. The van der Waals surface area contributed by atoms with Crippen LogP contribution in [0.4, 0.5) is 17.1 Å². The molecule has 0 spiro atoms. The number of carbonyl (C=O) groups is 2. The van der Waals surface area contributed by atoms with Crippen LogP contribution in [-0.4, -0.2) is 22.8 Å². The first-order valence-corrected chi connectivity index (χ1v) is 13.5. The molecule has 2 atom stereocenters. The molecule has 0 N–H and O–H groups in total. The fraction of sp³-hybridized carbons (Fsp3) is 0.212. The van der Waals surface area contributed by atoms with Crippen LogP contribution in [0.15, 0.2) is 103 Å². The molecule has 0 aliphatic carbocycles. The summed E-state index contributed by atoms with van der Waals surface area (Å²) in [6, 6.07) is 29.9. The van der Waals surface area contributed by atoms with Gasteiger partial charge in [0.2, 0.25) is 0 Å². The number of hydrogen-bond donors (Lipinski definition) is 0. The Morgan fingerprint density at radius 3 is 2.25 bits per heavy atom. The number of para-hydroxylation sites is 3. The third-order valence-electron chi connectivity index (χ3n) is 7.41. The summed E-state index contributed by atoms with van der Waals surface area (Å²) in [7, 11) is 0. The number of carbonyl (C=O) groups excluding carboxylic acids is 2. The summed E-state index contributed by atoms with van der Waals surface area (Å²) in [6.45, 7) is 4.10. The standard InChI is InChI=1S/C33H31N3O4/c1-3-11-24-18-20-25(21-19-24)32(37)34-23(2)22-31(27-14-7-9-16-29(27)34)35(26-12-5-4-6-13-26)33(38)28-15-8-10-17-30(28)36(39)40/h4-10,12-21,23,31H,3,11,22H2,1-2H3. The summed E-state index contributed by atoms with van der Waals surface area (Å²) in [5.41, 5.74) is 3.75. The van der Waals surface area contributed by atoms with E-state index in [1.807, 2.05) is 85.8 Å². The number of rotatable bonds is 7. The van der Waals surface area contributed by atoms with Crippen molar-refractivity contribution in [2.24, 2.45) is 0 Å². The molecular formula is C33H31N3O4. The maximum absolute atomic E-state index is 14.1. The highest BCUT2D eigenvalue weighted by Crippen LogP contribution is 2.43. The van der Waals surface area contributed by atoms with Crippen LogP contribution in [0.25, 0.3) is 0 Å². The third kappa shape index (κ3) is 5.10. The zero-order valence-electron chi connectivity index (χ0n) is 22.6. The number of nitro benzene ring substituents is 1. The van der Waals surface area contributed by atoms with Crippen molar-refractivity contribution < 1.29 is 14.5 Å². The average Bonchev–Trinajstić information content (AvgIpc) is 2.98. The number of aryl methyl sites for hydroxylation is 1. The topological polar surface area (TPSA) is 83.8 Å². The summed E-state index contributed by atoms with van der Waals surface area (Å²) in [4.78, 5) is 42.7. The maximum atomic E-state index is 14.1. The SMILES string of the molecule is CCCc1ccc(C(=O)N2c3ccccc3C(N(C(=O)c3ccccc3[N+](=O)[O-])c3ccccc3)CC2C)cc1. The van der Waals surface area contributed by atoms with E-state index in [4.69, 9.17) is 0 Å². The first-order valence-electron chi connectivity index (χ1n) is 13.5. The molecule has 0 saturated heterocycles. The zero-order chi connectivity index (χ0) is 28.2. The van der Waals surface area contributed by atoms with E-state index in [-0.39, 0.29) is 23.2 Å². The van der Waals surface area contributed by atoms with Crippen molar-refractivity contribution >= 4 is 28.9 Å². The number of fused-ring (bicyclic) bond motifs is 1. The molecule has 202 valence electrons. The first-order chi connectivity index (χ1) is 19.4. The molecule has 7 nitrogen and oxygen atoms in total. The fourth-order valence-electron chi connectivity index (χ4n) is 5.55. The van der Waals surface area contributed by atoms with Gasteiger partial charge in [-0.1, -0.05) is 74.0 Å². The molecule has 7 heteroatoms. The van der Waals surface area contributed by atoms with E-state index >= 15 is 0 Å². The van der Waals surface area contributed by atoms with Crippen molar-refractivity contribution in [2.45, 2.75) is 45.2 Å². The van der Waals surface area contributed by atoms with Crippen molar-refractivity contribution in [1.82, 2.24) is 0 Å². The van der Waals surface area contributed by atoms with Gasteiger partial charge < -0.3 is 9.80 Å². The Hall–Kier alpha value is -4.78. The predicted octanol–water partition coefficient (Wildman–Crippen LogP) is 7.37. The summed E-state index contributed by atoms with van der Waals surface area (Å²) < 4.78 is 0. The maximum Gasteiger partial charge on any atom is 0.282 e. The molecule has 0 saturated carbocycles. The minimum atomic E-state index is -0.528. The first kappa shape index (κ1) is 26.8. The molecule has 0 bridgehead atoms. The largest absolute Gasteiger partial charge is 0.305 e. The highest BCUT2D eigenvalue weighted by atomic mass is 16.6. The van der Waals surface area contributed by atoms with E-state index in [0.717, 1.165) is 24.1 Å². The van der Waals surface area contributed by atoms with Gasteiger partial charge in [-0.25, -0.2) is 0 Å². The van der Waals surface area contributed by atoms with Crippen LogP contribution in [0.2, 0.25) is 0 Å². The lowest BCUT2D eigenvalue weighted by Crippen LogP contribution is -2.48. The molecular weight excluding hydrogens is 502 g/mol. The van der Waals surface area contributed by atoms with Crippen LogP contribution in [0.5, 0.6) is 0 Å². The van der Waals surface area contributed by atoms with Gasteiger partial charge in [-0.3, -0.25) is 19.7 Å². The highest BCUT2D eigenvalue weighted by Gasteiger charge is 2.40. The van der Waals surface area contributed by atoms with Crippen molar-refractivity contribution in [2.75, 3.05) is 9.80 Å². The Morgan fingerprint density at radius 2 is 1.55 bits per heavy atom. The quantitative estimate of drug-likeness (QED) is 0.183. The fourth-order valence-corrected chi connectivity index (χ4v) is 5.55. The van der Waals surface area contributed by atoms with Gasteiger partial charge in [0.15, 0.2) is 0 Å². The van der Waals surface area contributed by atoms with Crippen LogP contribution in [0.1, 0.15) is 64.6 Å². The number of anilines is 2. The summed E-state index contributed by atoms with van der Waals surface area (Å²) in [5, 5.41) is 11.8. The Morgan fingerprint density at radius 1 is 0.900 bits per heavy atom. The van der Waals surface area contributed by atoms with Crippen LogP contribution in [0.3, 0.4) is 0 Å². The lowest BCUT2D eigenvalue weighted by molar-refractivity contribution is -0.385. The Balaban J connectivity index is 1.59. The molecule has 0 aromatic heterocycles. The highest BCUT2D eigenvalue weighted by molar-refractivity contribution is 6.10. The van der Waals surface area contributed by atoms with E-state index < -0.39 is 16.9 Å². The van der Waals surface area contributed by atoms with Gasteiger partial charge in [-0.15, -0.1) is 0 Å². The van der Waals surface area contributed by atoms with Gasteiger partial charge in [0.05, 0.1) is 11.0 Å². The second-order valence-electron chi connectivity index (χ2n) is 10.1. The Bertz CT molecular complexity index is 1540. The van der Waals surface area contributed by atoms with Gasteiger partial charge in [-0.05, 0) is 67.3 Å². The monoisotopic (exact) mass is 533 g/mol. The molecule has 0 radical (unpaired) electrons. The van der Waals surface area contributed by atoms with Crippen LogP contribution in [-0.2, 0) is 6.42 Å². The number of nitro groups is 1. The number of benzene rings is 4. The molecule has 2 unspecified atom stereocenters. The van der Waals surface area contributed by atoms with Crippen molar-refractivity contribution in [1.29, 1.82) is 0 Å². The number of nitrogens with zero attached hydrogens (tertiary/aromatic N) is 3. The number of hydrogen-bond acceptors (Lipinski definition) is 4. The van der Waals surface area contributed by atoms with Crippen LogP contribution in [0, 0.1) is 10.1 Å². The summed E-state index contributed by atoms with van der Waals surface area (Å²) in [5.74, 6) is -0.561. The predicted molar refractivity (Wildman–Crippen MR) is 157 cm³/mol. The van der Waals surface area contributed by atoms with Gasteiger partial charge in [0.25, 0.3) is 17.5 Å². The molecule has 5 rings (SSSR count). The molecule has 1 heterocycles. The summed E-state index contributed by atoms with van der Waals surface area (Å²) in [6.07, 6.45) is 2.45. The molecule has 40 heavy (non-hydrogen) atoms. The normalized spacial score (nSPS) is 16.2. The second-order valence-corrected chi connectivity index (χ2v) is 10.1. The Kier molecular flexibility index (Phi) is 7.73. The minimum Gasteiger partial charge on any atom is -0.305 e. The third-order valence-corrected chi connectivity index (χ3v) is 7.41. The minimum absolute atomic E-state index is 0.0205. The number of amides is 2. The van der Waals surface area contributed by atoms with Crippen molar-refractivity contribution in [3.05, 3.63) is 135 Å². The molecule has 0 fully saturated rings. The van der Waals surface area contributed by atoms with E-state index in [2.05, 4.69) is 6.92 Å². The van der Waals surface area contributed by atoms with Crippen molar-refractivity contribution in [3.63, 3.8) is 0 Å². The van der Waals surface area contributed by atoms with Gasteiger partial charge >= 0.3 is 0 Å². The second kappa shape index (κ2) is 11.5. The molecule has 1 aliphatic rings. The summed E-state index contributed by atoms with van der Waals surface area (Å²) >= 11 is 0. The van der Waals surface area contributed by atoms with Gasteiger partial charge in [0, 0.05) is 29.0 Å². The molecule has 4 aromatic rings. The van der Waals surface area contributed by atoms with E-state index in [1.165, 1.54) is 17.7 Å². The van der Waals surface area contributed by atoms with Crippen LogP contribution < -0.4 is 9.80 Å².